The average Bonchev–Trinajstić information content (AvgIpc) is 2.35. The normalized spacial score (nSPS) is 16.0. The van der Waals surface area contributed by atoms with Crippen LogP contribution in [0.4, 0.5) is 31.1 Å². The van der Waals surface area contributed by atoms with E-state index in [0.717, 1.165) is 0 Å². The largest absolute Gasteiger partial charge is 0.342 e. The van der Waals surface area contributed by atoms with Crippen LogP contribution in [0.5, 0.6) is 0 Å². The Morgan fingerprint density at radius 3 is 1.43 bits per heavy atom. The summed E-state index contributed by atoms with van der Waals surface area (Å²) >= 11 is 0. The molecule has 0 aromatic rings. The van der Waals surface area contributed by atoms with Crippen molar-refractivity contribution >= 4 is 17.8 Å². The zero-order valence-corrected chi connectivity index (χ0v) is 9.70. The summed E-state index contributed by atoms with van der Waals surface area (Å²) in [5.74, 6) is -5.80. The summed E-state index contributed by atoms with van der Waals surface area (Å²) in [4.78, 5) is 33.8. The van der Waals surface area contributed by atoms with Crippen LogP contribution < -0.4 is 0 Å². The number of rotatable bonds is 3. The van der Waals surface area contributed by atoms with Crippen molar-refractivity contribution in [2.75, 3.05) is 0 Å². The van der Waals surface area contributed by atoms with Gasteiger partial charge < -0.3 is 0 Å². The van der Waals surface area contributed by atoms with Gasteiger partial charge in [-0.3, -0.25) is 9.59 Å². The van der Waals surface area contributed by atoms with Crippen LogP contribution in [0.1, 0.15) is 0 Å². The highest BCUT2D eigenvalue weighted by molar-refractivity contribution is 6.18. The lowest BCUT2D eigenvalue weighted by atomic mass is 10.0. The molecule has 5 nitrogen and oxygen atoms in total. The van der Waals surface area contributed by atoms with E-state index >= 15 is 0 Å². The first-order valence-corrected chi connectivity index (χ1v) is 4.93. The van der Waals surface area contributed by atoms with Crippen molar-refractivity contribution in [3.05, 3.63) is 36.7 Å². The van der Waals surface area contributed by atoms with Gasteiger partial charge in [0.05, 0.1) is 12.4 Å². The Hall–Kier alpha value is -2.59. The first-order chi connectivity index (χ1) is 9.65. The molecular formula is C10H4F6N2O3. The van der Waals surface area contributed by atoms with E-state index in [1.165, 1.54) is 0 Å². The SMILES string of the molecule is O=C1C(C=C(F)F)C(=O)N(C=C(F)F)C(=O)N1C=C(F)F. The van der Waals surface area contributed by atoms with Crippen molar-refractivity contribution in [2.45, 2.75) is 0 Å². The second-order valence-corrected chi connectivity index (χ2v) is 3.47. The first kappa shape index (κ1) is 16.5. The molecule has 1 aliphatic rings. The maximum Gasteiger partial charge on any atom is 0.342 e. The van der Waals surface area contributed by atoms with E-state index in [9.17, 15) is 40.7 Å². The van der Waals surface area contributed by atoms with Gasteiger partial charge in [0.2, 0.25) is 0 Å². The third-order valence-electron chi connectivity index (χ3n) is 2.17. The number of halogens is 6. The van der Waals surface area contributed by atoms with Gasteiger partial charge in [0.15, 0.2) is 0 Å². The van der Waals surface area contributed by atoms with Crippen LogP contribution in [0.2, 0.25) is 0 Å². The van der Waals surface area contributed by atoms with Gasteiger partial charge in [0.25, 0.3) is 30.1 Å². The molecule has 114 valence electrons. The molecule has 0 N–H and O–H groups in total. The molecule has 0 aromatic heterocycles. The predicted octanol–water partition coefficient (Wildman–Crippen LogP) is 2.65. The van der Waals surface area contributed by atoms with Gasteiger partial charge in [-0.25, -0.2) is 14.6 Å². The van der Waals surface area contributed by atoms with Crippen LogP contribution in [0.3, 0.4) is 0 Å². The highest BCUT2D eigenvalue weighted by Gasteiger charge is 2.44. The number of carbonyl (C=O) groups is 3. The molecule has 0 atom stereocenters. The van der Waals surface area contributed by atoms with Crippen molar-refractivity contribution in [1.29, 1.82) is 0 Å². The highest BCUT2D eigenvalue weighted by atomic mass is 19.3. The second-order valence-electron chi connectivity index (χ2n) is 3.47. The predicted molar refractivity (Wildman–Crippen MR) is 53.5 cm³/mol. The number of urea groups is 1. The number of hydrogen-bond donors (Lipinski definition) is 0. The number of hydrogen-bond acceptors (Lipinski definition) is 3. The van der Waals surface area contributed by atoms with Crippen LogP contribution in [0.25, 0.3) is 0 Å². The number of imide groups is 2. The molecule has 0 aromatic carbocycles. The van der Waals surface area contributed by atoms with E-state index in [4.69, 9.17) is 0 Å². The fraction of sp³-hybridized carbons (Fsp3) is 0.100. The van der Waals surface area contributed by atoms with Crippen molar-refractivity contribution in [2.24, 2.45) is 5.92 Å². The van der Waals surface area contributed by atoms with Crippen molar-refractivity contribution in [1.82, 2.24) is 9.80 Å². The van der Waals surface area contributed by atoms with E-state index in [1.54, 1.807) is 0 Å². The molecule has 0 bridgehead atoms. The molecule has 1 heterocycles. The maximum absolute atomic E-state index is 12.1. The van der Waals surface area contributed by atoms with E-state index in [0.29, 0.717) is 0 Å². The minimum Gasteiger partial charge on any atom is -0.273 e. The van der Waals surface area contributed by atoms with Crippen LogP contribution in [0, 0.1) is 5.92 Å². The molecule has 0 spiro atoms. The lowest BCUT2D eigenvalue weighted by Crippen LogP contribution is -2.55. The van der Waals surface area contributed by atoms with Crippen LogP contribution in [-0.4, -0.2) is 27.6 Å². The fourth-order valence-corrected chi connectivity index (χ4v) is 1.41. The molecule has 0 radical (unpaired) electrons. The Bertz CT molecular complexity index is 475. The Kier molecular flexibility index (Phi) is 4.89. The third-order valence-corrected chi connectivity index (χ3v) is 2.17. The summed E-state index contributed by atoms with van der Waals surface area (Å²) in [5.41, 5.74) is 0. The Labute approximate surface area is 112 Å². The van der Waals surface area contributed by atoms with Gasteiger partial charge in [-0.05, 0) is 0 Å². The summed E-state index contributed by atoms with van der Waals surface area (Å²) < 4.78 is 72.8. The van der Waals surface area contributed by atoms with Crippen LogP contribution in [0.15, 0.2) is 36.7 Å². The maximum atomic E-state index is 12.1. The summed E-state index contributed by atoms with van der Waals surface area (Å²) in [6, 6.07) is -1.84. The highest BCUT2D eigenvalue weighted by Crippen LogP contribution is 2.23. The molecule has 21 heavy (non-hydrogen) atoms. The Balaban J connectivity index is 3.37. The second kappa shape index (κ2) is 6.24. The lowest BCUT2D eigenvalue weighted by molar-refractivity contribution is -0.143. The molecule has 1 fully saturated rings. The molecule has 1 saturated heterocycles. The Morgan fingerprint density at radius 1 is 0.762 bits per heavy atom. The summed E-state index contributed by atoms with van der Waals surface area (Å²) in [5, 5.41) is 0. The van der Waals surface area contributed by atoms with Gasteiger partial charge in [-0.15, -0.1) is 0 Å². The van der Waals surface area contributed by atoms with Gasteiger partial charge in [-0.2, -0.15) is 26.3 Å². The number of nitrogens with zero attached hydrogens (tertiary/aromatic N) is 2. The summed E-state index contributed by atoms with van der Waals surface area (Å²) in [6.45, 7) is 0. The minimum atomic E-state index is -2.57. The summed E-state index contributed by atoms with van der Waals surface area (Å²) in [6.07, 6.45) is -8.61. The molecule has 11 heteroatoms. The van der Waals surface area contributed by atoms with Gasteiger partial charge in [0, 0.05) is 6.08 Å². The van der Waals surface area contributed by atoms with Crippen LogP contribution in [-0.2, 0) is 9.59 Å². The van der Waals surface area contributed by atoms with Gasteiger partial charge in [0.1, 0.15) is 5.92 Å². The van der Waals surface area contributed by atoms with E-state index < -0.39 is 51.8 Å². The molecule has 0 saturated carbocycles. The molecule has 0 unspecified atom stereocenters. The summed E-state index contributed by atoms with van der Waals surface area (Å²) in [7, 11) is 0. The molecule has 0 aliphatic carbocycles. The first-order valence-electron chi connectivity index (χ1n) is 4.93. The standard InChI is InChI=1S/C10H4F6N2O3/c11-5(12)1-4-8(19)17(2-6(13)14)10(21)18(9(4)20)3-7(15)16/h1-4H. The minimum absolute atomic E-state index is 0.231. The molecular weight excluding hydrogens is 310 g/mol. The molecule has 1 rings (SSSR count). The number of barbiturate groups is 1. The Morgan fingerprint density at radius 2 is 1.14 bits per heavy atom. The zero-order chi connectivity index (χ0) is 16.3. The van der Waals surface area contributed by atoms with E-state index in [2.05, 4.69) is 0 Å². The van der Waals surface area contributed by atoms with Crippen molar-refractivity contribution in [3.63, 3.8) is 0 Å². The topological polar surface area (TPSA) is 57.7 Å². The lowest BCUT2D eigenvalue weighted by Gasteiger charge is -2.31. The number of amides is 4. The average molecular weight is 314 g/mol. The van der Waals surface area contributed by atoms with Crippen molar-refractivity contribution in [3.8, 4) is 0 Å². The smallest absolute Gasteiger partial charge is 0.273 e. The van der Waals surface area contributed by atoms with Crippen LogP contribution >= 0.6 is 0 Å². The van der Waals surface area contributed by atoms with E-state index in [-0.39, 0.29) is 18.5 Å². The van der Waals surface area contributed by atoms with Gasteiger partial charge in [-0.1, -0.05) is 0 Å². The van der Waals surface area contributed by atoms with E-state index in [1.807, 2.05) is 0 Å². The molecule has 4 amide bonds. The van der Waals surface area contributed by atoms with Crippen molar-refractivity contribution < 1.29 is 40.7 Å². The number of carbonyl (C=O) groups excluding carboxylic acids is 3. The van der Waals surface area contributed by atoms with Gasteiger partial charge >= 0.3 is 6.03 Å². The fourth-order valence-electron chi connectivity index (χ4n) is 1.41. The third kappa shape index (κ3) is 3.70. The monoisotopic (exact) mass is 314 g/mol. The molecule has 1 aliphatic heterocycles. The quantitative estimate of drug-likeness (QED) is 0.594. The zero-order valence-electron chi connectivity index (χ0n) is 9.70.